The van der Waals surface area contributed by atoms with Crippen molar-refractivity contribution in [3.8, 4) is 16.9 Å². The first kappa shape index (κ1) is 19.8. The summed E-state index contributed by atoms with van der Waals surface area (Å²) in [5, 5.41) is 25.6. The fraction of sp³-hybridized carbons (Fsp3) is 0.0455. The molecule has 0 saturated heterocycles. The van der Waals surface area contributed by atoms with E-state index in [4.69, 9.17) is 9.84 Å². The lowest BCUT2D eigenvalue weighted by atomic mass is 10.1. The van der Waals surface area contributed by atoms with Crippen molar-refractivity contribution in [3.05, 3.63) is 88.0 Å². The van der Waals surface area contributed by atoms with Gasteiger partial charge in [-0.3, -0.25) is 10.1 Å². The normalized spacial score (nSPS) is 10.7. The van der Waals surface area contributed by atoms with E-state index in [0.29, 0.717) is 33.4 Å². The third-order valence-electron chi connectivity index (χ3n) is 4.81. The van der Waals surface area contributed by atoms with Crippen LogP contribution in [0.4, 0.5) is 5.69 Å². The average molecular weight is 417 g/mol. The molecule has 0 fully saturated rings. The number of carboxylic acid groups (broad SMARTS) is 1. The van der Waals surface area contributed by atoms with E-state index in [1.165, 1.54) is 31.4 Å². The van der Waals surface area contributed by atoms with E-state index in [9.17, 15) is 19.7 Å². The molecule has 1 aromatic heterocycles. The summed E-state index contributed by atoms with van der Waals surface area (Å²) >= 11 is 0. The Hall–Kier alpha value is -4.53. The number of aromatic carboxylic acids is 1. The first-order valence-corrected chi connectivity index (χ1v) is 9.08. The molecule has 154 valence electrons. The van der Waals surface area contributed by atoms with Crippen LogP contribution in [-0.2, 0) is 4.74 Å². The standard InChI is InChI=1S/C22H15N3O6/c1-31-22(28)15-4-2-13(3-5-15)20-18-12-17(25(29)30)10-11-19(18)24(23-20)16-8-6-14(7-9-16)21(26)27/h2-12H,1H3,(H,26,27). The maximum atomic E-state index is 11.7. The number of esters is 1. The summed E-state index contributed by atoms with van der Waals surface area (Å²) in [6.07, 6.45) is 0. The maximum absolute atomic E-state index is 11.7. The molecular formula is C22H15N3O6. The lowest BCUT2D eigenvalue weighted by Crippen LogP contribution is -2.00. The van der Waals surface area contributed by atoms with Crippen LogP contribution >= 0.6 is 0 Å². The molecule has 0 aliphatic heterocycles. The quantitative estimate of drug-likeness (QED) is 0.295. The van der Waals surface area contributed by atoms with Gasteiger partial charge in [-0.15, -0.1) is 0 Å². The summed E-state index contributed by atoms with van der Waals surface area (Å²) in [5.41, 5.74) is 2.76. The largest absolute Gasteiger partial charge is 0.478 e. The molecule has 4 aromatic rings. The van der Waals surface area contributed by atoms with Crippen LogP contribution < -0.4 is 0 Å². The molecule has 9 nitrogen and oxygen atoms in total. The molecular weight excluding hydrogens is 402 g/mol. The van der Waals surface area contributed by atoms with Gasteiger partial charge in [0.05, 0.1) is 34.4 Å². The second kappa shape index (κ2) is 7.71. The predicted octanol–water partition coefficient (Wildman–Crippen LogP) is 4.09. The van der Waals surface area contributed by atoms with Gasteiger partial charge in [-0.1, -0.05) is 12.1 Å². The summed E-state index contributed by atoms with van der Waals surface area (Å²) in [4.78, 5) is 33.6. The molecule has 0 unspecified atom stereocenters. The molecule has 0 bridgehead atoms. The minimum atomic E-state index is -1.04. The van der Waals surface area contributed by atoms with Crippen LogP contribution in [0.2, 0.25) is 0 Å². The third-order valence-corrected chi connectivity index (χ3v) is 4.81. The smallest absolute Gasteiger partial charge is 0.337 e. The minimum Gasteiger partial charge on any atom is -0.478 e. The van der Waals surface area contributed by atoms with Gasteiger partial charge >= 0.3 is 11.9 Å². The minimum absolute atomic E-state index is 0.0827. The van der Waals surface area contributed by atoms with E-state index in [1.54, 1.807) is 47.1 Å². The van der Waals surface area contributed by atoms with Crippen molar-refractivity contribution >= 4 is 28.5 Å². The predicted molar refractivity (Wildman–Crippen MR) is 111 cm³/mol. The van der Waals surface area contributed by atoms with E-state index in [2.05, 4.69) is 5.10 Å². The zero-order chi connectivity index (χ0) is 22.1. The van der Waals surface area contributed by atoms with Crippen LogP contribution in [-0.4, -0.2) is 38.9 Å². The molecule has 1 heterocycles. The number of methoxy groups -OCH3 is 1. The number of non-ortho nitro benzene ring substituents is 1. The lowest BCUT2D eigenvalue weighted by molar-refractivity contribution is -0.384. The Morgan fingerprint density at radius 1 is 1.00 bits per heavy atom. The van der Waals surface area contributed by atoms with Gasteiger partial charge in [-0.25, -0.2) is 14.3 Å². The number of aromatic nitrogens is 2. The van der Waals surface area contributed by atoms with Crippen molar-refractivity contribution < 1.29 is 24.4 Å². The van der Waals surface area contributed by atoms with Gasteiger partial charge in [0.15, 0.2) is 0 Å². The van der Waals surface area contributed by atoms with Crippen LogP contribution in [0.15, 0.2) is 66.7 Å². The molecule has 0 radical (unpaired) electrons. The Bertz CT molecular complexity index is 1320. The molecule has 0 saturated carbocycles. The van der Waals surface area contributed by atoms with Crippen LogP contribution in [0.3, 0.4) is 0 Å². The van der Waals surface area contributed by atoms with E-state index < -0.39 is 16.9 Å². The number of nitro benzene ring substituents is 1. The summed E-state index contributed by atoms with van der Waals surface area (Å²) in [7, 11) is 1.29. The highest BCUT2D eigenvalue weighted by molar-refractivity contribution is 5.97. The lowest BCUT2D eigenvalue weighted by Gasteiger charge is -2.04. The van der Waals surface area contributed by atoms with Gasteiger partial charge in [-0.2, -0.15) is 5.10 Å². The molecule has 0 spiro atoms. The van der Waals surface area contributed by atoms with Crippen LogP contribution in [0, 0.1) is 10.1 Å². The zero-order valence-corrected chi connectivity index (χ0v) is 16.2. The van der Waals surface area contributed by atoms with E-state index >= 15 is 0 Å². The average Bonchev–Trinajstić information content (AvgIpc) is 3.17. The number of carbonyl (C=O) groups is 2. The fourth-order valence-corrected chi connectivity index (χ4v) is 3.26. The number of hydrogen-bond acceptors (Lipinski definition) is 6. The fourth-order valence-electron chi connectivity index (χ4n) is 3.26. The Balaban J connectivity index is 1.90. The summed E-state index contributed by atoms with van der Waals surface area (Å²) in [6.45, 7) is 0. The molecule has 9 heteroatoms. The second-order valence-electron chi connectivity index (χ2n) is 6.64. The molecule has 3 aromatic carbocycles. The molecule has 0 amide bonds. The van der Waals surface area contributed by atoms with Crippen LogP contribution in [0.5, 0.6) is 0 Å². The van der Waals surface area contributed by atoms with Gasteiger partial charge in [0.2, 0.25) is 0 Å². The van der Waals surface area contributed by atoms with Crippen molar-refractivity contribution in [1.82, 2.24) is 9.78 Å². The van der Waals surface area contributed by atoms with Crippen LogP contribution in [0.1, 0.15) is 20.7 Å². The number of carbonyl (C=O) groups excluding carboxylic acids is 1. The topological polar surface area (TPSA) is 125 Å². The number of fused-ring (bicyclic) bond motifs is 1. The first-order valence-electron chi connectivity index (χ1n) is 9.08. The van der Waals surface area contributed by atoms with Crippen molar-refractivity contribution in [1.29, 1.82) is 0 Å². The summed E-state index contributed by atoms with van der Waals surface area (Å²) in [6, 6.07) is 17.1. The van der Waals surface area contributed by atoms with Gasteiger partial charge in [0, 0.05) is 23.1 Å². The number of hydrogen-bond donors (Lipinski definition) is 1. The summed E-state index contributed by atoms with van der Waals surface area (Å²) < 4.78 is 6.30. The second-order valence-corrected chi connectivity index (χ2v) is 6.64. The molecule has 0 aliphatic carbocycles. The maximum Gasteiger partial charge on any atom is 0.337 e. The highest BCUT2D eigenvalue weighted by Gasteiger charge is 2.18. The number of benzene rings is 3. The molecule has 1 N–H and O–H groups in total. The van der Waals surface area contributed by atoms with Crippen molar-refractivity contribution in [2.75, 3.05) is 7.11 Å². The Labute approximate surface area is 175 Å². The number of carboxylic acids is 1. The van der Waals surface area contributed by atoms with Crippen LogP contribution in [0.25, 0.3) is 27.8 Å². The SMILES string of the molecule is COC(=O)c1ccc(-c2nn(-c3ccc(C(=O)O)cc3)c3ccc([N+](=O)[O-])cc23)cc1. The zero-order valence-electron chi connectivity index (χ0n) is 16.2. The van der Waals surface area contributed by atoms with Gasteiger partial charge < -0.3 is 9.84 Å². The molecule has 0 aliphatic rings. The molecule has 4 rings (SSSR count). The monoisotopic (exact) mass is 417 g/mol. The van der Waals surface area contributed by atoms with Gasteiger partial charge in [-0.05, 0) is 42.5 Å². The molecule has 0 atom stereocenters. The van der Waals surface area contributed by atoms with E-state index in [1.807, 2.05) is 0 Å². The Morgan fingerprint density at radius 3 is 2.23 bits per heavy atom. The van der Waals surface area contributed by atoms with E-state index in [-0.39, 0.29) is 11.3 Å². The third kappa shape index (κ3) is 3.60. The number of nitro groups is 1. The summed E-state index contributed by atoms with van der Waals surface area (Å²) in [5.74, 6) is -1.52. The van der Waals surface area contributed by atoms with Crippen molar-refractivity contribution in [3.63, 3.8) is 0 Å². The van der Waals surface area contributed by atoms with E-state index in [0.717, 1.165) is 0 Å². The van der Waals surface area contributed by atoms with Gasteiger partial charge in [0.1, 0.15) is 5.69 Å². The number of rotatable bonds is 5. The highest BCUT2D eigenvalue weighted by Crippen LogP contribution is 2.32. The van der Waals surface area contributed by atoms with Crippen molar-refractivity contribution in [2.24, 2.45) is 0 Å². The number of ether oxygens (including phenoxy) is 1. The Morgan fingerprint density at radius 2 is 1.65 bits per heavy atom. The Kier molecular flexibility index (Phi) is 4.92. The van der Waals surface area contributed by atoms with Gasteiger partial charge in [0.25, 0.3) is 5.69 Å². The highest BCUT2D eigenvalue weighted by atomic mass is 16.6. The molecule has 31 heavy (non-hydrogen) atoms. The number of nitrogens with zero attached hydrogens (tertiary/aromatic N) is 3. The first-order chi connectivity index (χ1) is 14.9. The van der Waals surface area contributed by atoms with Crippen molar-refractivity contribution in [2.45, 2.75) is 0 Å².